The second kappa shape index (κ2) is 6.43. The van der Waals surface area contributed by atoms with Crippen molar-refractivity contribution in [3.63, 3.8) is 0 Å². The smallest absolute Gasteiger partial charge is 0.274 e. The molecule has 9 heteroatoms. The van der Waals surface area contributed by atoms with Gasteiger partial charge in [0.15, 0.2) is 0 Å². The van der Waals surface area contributed by atoms with E-state index in [4.69, 9.17) is 0 Å². The van der Waals surface area contributed by atoms with Crippen LogP contribution in [-0.4, -0.2) is 30.8 Å². The average molecular weight is 354 g/mol. The summed E-state index contributed by atoms with van der Waals surface area (Å²) in [6.07, 6.45) is 0. The lowest BCUT2D eigenvalue weighted by Crippen LogP contribution is -2.12. The van der Waals surface area contributed by atoms with E-state index in [0.717, 1.165) is 17.0 Å². The number of carbonyl (C=O) groups is 1. The van der Waals surface area contributed by atoms with Crippen molar-refractivity contribution in [2.45, 2.75) is 20.8 Å². The summed E-state index contributed by atoms with van der Waals surface area (Å²) >= 11 is 0. The summed E-state index contributed by atoms with van der Waals surface area (Å²) in [6.45, 7) is 5.45. The van der Waals surface area contributed by atoms with Crippen LogP contribution in [-0.2, 0) is 7.05 Å². The van der Waals surface area contributed by atoms with E-state index in [1.54, 1.807) is 29.8 Å². The molecule has 0 fully saturated rings. The van der Waals surface area contributed by atoms with Gasteiger partial charge in [0, 0.05) is 35.6 Å². The quantitative estimate of drug-likeness (QED) is 0.551. The Kier molecular flexibility index (Phi) is 4.29. The van der Waals surface area contributed by atoms with Crippen LogP contribution in [0.15, 0.2) is 24.3 Å². The molecule has 9 nitrogen and oxygen atoms in total. The minimum absolute atomic E-state index is 0.0466. The number of nitrogens with one attached hydrogen (secondary N) is 2. The molecule has 0 spiro atoms. The number of aromatic amines is 1. The Bertz CT molecular complexity index is 1020. The second-order valence-electron chi connectivity index (χ2n) is 6.05. The number of anilines is 1. The highest BCUT2D eigenvalue weighted by atomic mass is 16.6. The summed E-state index contributed by atoms with van der Waals surface area (Å²) in [5.74, 6) is -0.430. The van der Waals surface area contributed by atoms with E-state index in [9.17, 15) is 14.9 Å². The first-order chi connectivity index (χ1) is 12.3. The van der Waals surface area contributed by atoms with Crippen LogP contribution in [0.4, 0.5) is 11.4 Å². The van der Waals surface area contributed by atoms with Gasteiger partial charge in [-0.2, -0.15) is 10.2 Å². The number of rotatable bonds is 4. The van der Waals surface area contributed by atoms with Gasteiger partial charge in [-0.05, 0) is 32.9 Å². The second-order valence-corrected chi connectivity index (χ2v) is 6.05. The SMILES string of the molecule is Cc1ccc(NC(=O)c2cc(-c3c(C)nn(C)c3C)n[nH]2)cc1[N+](=O)[O-]. The standard InChI is InChI=1S/C17H18N6O3/c1-9-5-6-12(7-15(9)23(25)26)18-17(24)14-8-13(19-20-14)16-10(2)21-22(4)11(16)3/h5-8H,1-4H3,(H,18,24)(H,19,20). The molecule has 1 amide bonds. The highest BCUT2D eigenvalue weighted by Gasteiger charge is 2.18. The Balaban J connectivity index is 1.85. The first kappa shape index (κ1) is 17.3. The molecule has 0 aliphatic rings. The lowest BCUT2D eigenvalue weighted by Gasteiger charge is -2.04. The lowest BCUT2D eigenvalue weighted by molar-refractivity contribution is -0.385. The van der Waals surface area contributed by atoms with Crippen LogP contribution >= 0.6 is 0 Å². The third-order valence-electron chi connectivity index (χ3n) is 4.25. The highest BCUT2D eigenvalue weighted by Crippen LogP contribution is 2.26. The maximum Gasteiger partial charge on any atom is 0.274 e. The maximum atomic E-state index is 12.4. The number of nitro groups is 1. The van der Waals surface area contributed by atoms with Crippen LogP contribution in [0.3, 0.4) is 0 Å². The third-order valence-corrected chi connectivity index (χ3v) is 4.25. The fourth-order valence-corrected chi connectivity index (χ4v) is 2.79. The van der Waals surface area contributed by atoms with E-state index < -0.39 is 10.8 Å². The molecule has 0 bridgehead atoms. The van der Waals surface area contributed by atoms with E-state index in [-0.39, 0.29) is 11.4 Å². The van der Waals surface area contributed by atoms with Gasteiger partial charge in [-0.15, -0.1) is 0 Å². The molecule has 2 aromatic heterocycles. The predicted molar refractivity (Wildman–Crippen MR) is 96.1 cm³/mol. The van der Waals surface area contributed by atoms with Crippen molar-refractivity contribution in [1.82, 2.24) is 20.0 Å². The summed E-state index contributed by atoms with van der Waals surface area (Å²) in [4.78, 5) is 23.0. The van der Waals surface area contributed by atoms with E-state index in [0.29, 0.717) is 16.9 Å². The topological polar surface area (TPSA) is 119 Å². The Morgan fingerprint density at radius 1 is 1.27 bits per heavy atom. The van der Waals surface area contributed by atoms with Gasteiger partial charge in [0.2, 0.25) is 0 Å². The molecule has 0 aliphatic carbocycles. The van der Waals surface area contributed by atoms with Crippen molar-refractivity contribution in [1.29, 1.82) is 0 Å². The molecule has 1 aromatic carbocycles. The van der Waals surface area contributed by atoms with Gasteiger partial charge in [0.25, 0.3) is 11.6 Å². The maximum absolute atomic E-state index is 12.4. The van der Waals surface area contributed by atoms with Crippen LogP contribution in [0.1, 0.15) is 27.4 Å². The number of nitrogens with zero attached hydrogens (tertiary/aromatic N) is 4. The van der Waals surface area contributed by atoms with Crippen molar-refractivity contribution >= 4 is 17.3 Å². The predicted octanol–water partition coefficient (Wildman–Crippen LogP) is 2.90. The zero-order valence-corrected chi connectivity index (χ0v) is 14.8. The largest absolute Gasteiger partial charge is 0.320 e. The number of hydrogen-bond acceptors (Lipinski definition) is 5. The van der Waals surface area contributed by atoms with Crippen molar-refractivity contribution in [3.05, 3.63) is 57.0 Å². The number of nitro benzene ring substituents is 1. The molecule has 2 N–H and O–H groups in total. The number of hydrogen-bond donors (Lipinski definition) is 2. The number of carbonyl (C=O) groups excluding carboxylic acids is 1. The molecule has 0 saturated heterocycles. The number of amides is 1. The normalized spacial score (nSPS) is 10.8. The Hall–Kier alpha value is -3.49. The van der Waals surface area contributed by atoms with Gasteiger partial charge in [-0.1, -0.05) is 6.07 Å². The zero-order chi connectivity index (χ0) is 19.0. The van der Waals surface area contributed by atoms with Gasteiger partial charge < -0.3 is 5.32 Å². The monoisotopic (exact) mass is 354 g/mol. The third kappa shape index (κ3) is 3.06. The molecule has 0 radical (unpaired) electrons. The van der Waals surface area contributed by atoms with E-state index in [2.05, 4.69) is 20.6 Å². The fourth-order valence-electron chi connectivity index (χ4n) is 2.79. The molecular formula is C17H18N6O3. The number of aryl methyl sites for hydroxylation is 3. The molecule has 3 rings (SSSR count). The summed E-state index contributed by atoms with van der Waals surface area (Å²) < 4.78 is 1.75. The molecule has 0 atom stereocenters. The van der Waals surface area contributed by atoms with Crippen molar-refractivity contribution < 1.29 is 9.72 Å². The minimum Gasteiger partial charge on any atom is -0.320 e. The van der Waals surface area contributed by atoms with Crippen LogP contribution in [0, 0.1) is 30.9 Å². The van der Waals surface area contributed by atoms with Gasteiger partial charge in [0.05, 0.1) is 16.3 Å². The van der Waals surface area contributed by atoms with E-state index in [1.807, 2.05) is 20.9 Å². The molecule has 134 valence electrons. The molecule has 0 saturated carbocycles. The molecule has 26 heavy (non-hydrogen) atoms. The molecular weight excluding hydrogens is 336 g/mol. The Morgan fingerprint density at radius 2 is 2.00 bits per heavy atom. The molecule has 0 aliphatic heterocycles. The van der Waals surface area contributed by atoms with Gasteiger partial charge in [0.1, 0.15) is 5.69 Å². The van der Waals surface area contributed by atoms with E-state index in [1.165, 1.54) is 6.07 Å². The van der Waals surface area contributed by atoms with Crippen LogP contribution in [0.2, 0.25) is 0 Å². The van der Waals surface area contributed by atoms with Gasteiger partial charge in [-0.25, -0.2) is 0 Å². The fraction of sp³-hybridized carbons (Fsp3) is 0.235. The molecule has 3 aromatic rings. The molecule has 0 unspecified atom stereocenters. The Morgan fingerprint density at radius 3 is 2.62 bits per heavy atom. The number of aromatic nitrogens is 4. The van der Waals surface area contributed by atoms with Crippen LogP contribution in [0.25, 0.3) is 11.3 Å². The first-order valence-electron chi connectivity index (χ1n) is 7.90. The number of H-pyrrole nitrogens is 1. The Labute approximate surface area is 149 Å². The summed E-state index contributed by atoms with van der Waals surface area (Å²) in [5.41, 5.74) is 4.33. The highest BCUT2D eigenvalue weighted by molar-refractivity contribution is 6.03. The van der Waals surface area contributed by atoms with Crippen molar-refractivity contribution in [2.75, 3.05) is 5.32 Å². The minimum atomic E-state index is -0.479. The lowest BCUT2D eigenvalue weighted by atomic mass is 10.1. The summed E-state index contributed by atoms with van der Waals surface area (Å²) in [6, 6.07) is 6.18. The molecule has 2 heterocycles. The summed E-state index contributed by atoms with van der Waals surface area (Å²) in [5, 5.41) is 24.9. The van der Waals surface area contributed by atoms with Gasteiger partial charge >= 0.3 is 0 Å². The summed E-state index contributed by atoms with van der Waals surface area (Å²) in [7, 11) is 1.84. The van der Waals surface area contributed by atoms with Crippen molar-refractivity contribution in [2.24, 2.45) is 7.05 Å². The van der Waals surface area contributed by atoms with E-state index >= 15 is 0 Å². The van der Waals surface area contributed by atoms with Crippen molar-refractivity contribution in [3.8, 4) is 11.3 Å². The zero-order valence-electron chi connectivity index (χ0n) is 14.8. The average Bonchev–Trinajstić information content (AvgIpc) is 3.14. The van der Waals surface area contributed by atoms with Crippen LogP contribution < -0.4 is 5.32 Å². The van der Waals surface area contributed by atoms with Crippen LogP contribution in [0.5, 0.6) is 0 Å². The number of benzene rings is 1. The van der Waals surface area contributed by atoms with Gasteiger partial charge in [-0.3, -0.25) is 24.7 Å². The first-order valence-corrected chi connectivity index (χ1v) is 7.90.